The molecule has 1 fully saturated rings. The van der Waals surface area contributed by atoms with Crippen LogP contribution in [0.4, 0.5) is 16.2 Å². The molecule has 2 aromatic rings. The zero-order valence-corrected chi connectivity index (χ0v) is 17.4. The van der Waals surface area contributed by atoms with Crippen LogP contribution in [-0.2, 0) is 16.6 Å². The summed E-state index contributed by atoms with van der Waals surface area (Å²) in [6, 6.07) is 16.8. The van der Waals surface area contributed by atoms with Gasteiger partial charge >= 0.3 is 6.03 Å². The van der Waals surface area contributed by atoms with Crippen molar-refractivity contribution in [3.8, 4) is 0 Å². The summed E-state index contributed by atoms with van der Waals surface area (Å²) in [5, 5.41) is 5.81. The van der Waals surface area contributed by atoms with Crippen LogP contribution in [-0.4, -0.2) is 44.2 Å². The number of amides is 2. The van der Waals surface area contributed by atoms with Gasteiger partial charge in [0.15, 0.2) is 0 Å². The lowest BCUT2D eigenvalue weighted by Crippen LogP contribution is -2.39. The number of nitrogens with one attached hydrogen (secondary N) is 3. The van der Waals surface area contributed by atoms with Crippen LogP contribution in [0.3, 0.4) is 0 Å². The Balaban J connectivity index is 1.45. The molecule has 0 bridgehead atoms. The third kappa shape index (κ3) is 6.76. The first-order chi connectivity index (χ1) is 13.9. The lowest BCUT2D eigenvalue weighted by molar-refractivity contribution is 0.247. The Morgan fingerprint density at radius 2 is 1.76 bits per heavy atom. The van der Waals surface area contributed by atoms with Crippen molar-refractivity contribution in [3.05, 3.63) is 60.2 Å². The van der Waals surface area contributed by atoms with Crippen LogP contribution < -0.4 is 15.4 Å². The van der Waals surface area contributed by atoms with E-state index in [1.54, 1.807) is 24.3 Å². The molecule has 0 spiro atoms. The first-order valence-electron chi connectivity index (χ1n) is 9.88. The van der Waals surface area contributed by atoms with Crippen LogP contribution in [0.25, 0.3) is 0 Å². The third-order valence-electron chi connectivity index (χ3n) is 4.75. The normalized spacial score (nSPS) is 17.1. The number of hydrogen-bond acceptors (Lipinski definition) is 4. The highest BCUT2D eigenvalue weighted by Crippen LogP contribution is 2.16. The lowest BCUT2D eigenvalue weighted by Gasteiger charge is -2.17. The summed E-state index contributed by atoms with van der Waals surface area (Å²) in [6.45, 7) is 4.47. The molecule has 156 valence electrons. The minimum absolute atomic E-state index is 0.0814. The van der Waals surface area contributed by atoms with Gasteiger partial charge in [0.05, 0.1) is 5.75 Å². The average molecular weight is 417 g/mol. The number of carbonyl (C=O) groups is 1. The topological polar surface area (TPSA) is 90.5 Å². The SMILES string of the molecule is CCCS(=O)(=O)Nc1ccc(NC(=O)NC2CCN(Cc3ccccc3)C2)cc1. The lowest BCUT2D eigenvalue weighted by atomic mass is 10.2. The summed E-state index contributed by atoms with van der Waals surface area (Å²) < 4.78 is 26.1. The van der Waals surface area contributed by atoms with Gasteiger partial charge in [-0.05, 0) is 42.7 Å². The van der Waals surface area contributed by atoms with Crippen LogP contribution in [0.5, 0.6) is 0 Å². The highest BCUT2D eigenvalue weighted by Gasteiger charge is 2.23. The fourth-order valence-electron chi connectivity index (χ4n) is 3.41. The van der Waals surface area contributed by atoms with E-state index in [-0.39, 0.29) is 17.8 Å². The quantitative estimate of drug-likeness (QED) is 0.616. The Morgan fingerprint density at radius 1 is 1.07 bits per heavy atom. The molecule has 29 heavy (non-hydrogen) atoms. The molecule has 1 aliphatic heterocycles. The van der Waals surface area contributed by atoms with Crippen molar-refractivity contribution in [1.29, 1.82) is 0 Å². The molecule has 7 nitrogen and oxygen atoms in total. The summed E-state index contributed by atoms with van der Waals surface area (Å²) in [4.78, 5) is 14.6. The molecule has 3 rings (SSSR count). The number of sulfonamides is 1. The Kier molecular flexibility index (Phi) is 7.11. The minimum atomic E-state index is -3.32. The van der Waals surface area contributed by atoms with Crippen molar-refractivity contribution in [2.75, 3.05) is 28.9 Å². The van der Waals surface area contributed by atoms with Crippen LogP contribution >= 0.6 is 0 Å². The number of nitrogens with zero attached hydrogens (tertiary/aromatic N) is 1. The smallest absolute Gasteiger partial charge is 0.319 e. The molecule has 2 aromatic carbocycles. The molecular formula is C21H28N4O3S. The van der Waals surface area contributed by atoms with Gasteiger partial charge in [-0.1, -0.05) is 37.3 Å². The minimum Gasteiger partial charge on any atom is -0.334 e. The van der Waals surface area contributed by atoms with E-state index >= 15 is 0 Å². The third-order valence-corrected chi connectivity index (χ3v) is 6.24. The standard InChI is InChI=1S/C21H28N4O3S/c1-2-14-29(27,28)24-19-10-8-18(9-11-19)22-21(26)23-20-12-13-25(16-20)15-17-6-4-3-5-7-17/h3-11,20,24H,2,12-16H2,1H3,(H2,22,23,26). The predicted octanol–water partition coefficient (Wildman–Crippen LogP) is 3.23. The summed E-state index contributed by atoms with van der Waals surface area (Å²) in [6.07, 6.45) is 1.47. The molecule has 1 unspecified atom stereocenters. The highest BCUT2D eigenvalue weighted by molar-refractivity contribution is 7.92. The highest BCUT2D eigenvalue weighted by atomic mass is 32.2. The number of anilines is 2. The number of likely N-dealkylation sites (tertiary alicyclic amines) is 1. The number of carbonyl (C=O) groups excluding carboxylic acids is 1. The number of hydrogen-bond donors (Lipinski definition) is 3. The second kappa shape index (κ2) is 9.76. The van der Waals surface area contributed by atoms with E-state index < -0.39 is 10.0 Å². The van der Waals surface area contributed by atoms with Crippen molar-refractivity contribution in [2.24, 2.45) is 0 Å². The van der Waals surface area contributed by atoms with Gasteiger partial charge in [-0.2, -0.15) is 0 Å². The molecule has 0 saturated carbocycles. The number of urea groups is 1. The Bertz CT molecular complexity index is 901. The first-order valence-corrected chi connectivity index (χ1v) is 11.5. The maximum absolute atomic E-state index is 12.3. The molecule has 0 aliphatic carbocycles. The van der Waals surface area contributed by atoms with E-state index in [1.807, 2.05) is 25.1 Å². The monoisotopic (exact) mass is 416 g/mol. The summed E-state index contributed by atoms with van der Waals surface area (Å²) in [5.41, 5.74) is 2.36. The molecule has 8 heteroatoms. The molecule has 0 radical (unpaired) electrons. The van der Waals surface area contributed by atoms with Gasteiger partial charge < -0.3 is 10.6 Å². The average Bonchev–Trinajstić information content (AvgIpc) is 3.10. The summed E-state index contributed by atoms with van der Waals surface area (Å²) >= 11 is 0. The van der Waals surface area contributed by atoms with Gasteiger partial charge in [0.25, 0.3) is 0 Å². The first kappa shape index (κ1) is 21.1. The molecule has 0 aromatic heterocycles. The van der Waals surface area contributed by atoms with Gasteiger partial charge in [0.2, 0.25) is 10.0 Å². The van der Waals surface area contributed by atoms with Crippen LogP contribution in [0.1, 0.15) is 25.3 Å². The van der Waals surface area contributed by atoms with E-state index in [1.165, 1.54) is 5.56 Å². The van der Waals surface area contributed by atoms with Gasteiger partial charge in [-0.3, -0.25) is 9.62 Å². The molecule has 1 saturated heterocycles. The molecule has 1 aliphatic rings. The van der Waals surface area contributed by atoms with E-state index in [9.17, 15) is 13.2 Å². The largest absolute Gasteiger partial charge is 0.334 e. The van der Waals surface area contributed by atoms with Crippen LogP contribution in [0.2, 0.25) is 0 Å². The maximum Gasteiger partial charge on any atom is 0.319 e. The van der Waals surface area contributed by atoms with Crippen molar-refractivity contribution >= 4 is 27.4 Å². The van der Waals surface area contributed by atoms with E-state index in [0.717, 1.165) is 26.1 Å². The fourth-order valence-corrected chi connectivity index (χ4v) is 4.54. The summed E-state index contributed by atoms with van der Waals surface area (Å²) in [5.74, 6) is 0.0814. The molecule has 1 heterocycles. The van der Waals surface area contributed by atoms with Gasteiger partial charge in [0, 0.05) is 37.1 Å². The van der Waals surface area contributed by atoms with E-state index in [4.69, 9.17) is 0 Å². The Labute approximate surface area is 172 Å². The zero-order valence-electron chi connectivity index (χ0n) is 16.6. The molecule has 3 N–H and O–H groups in total. The fraction of sp³-hybridized carbons (Fsp3) is 0.381. The zero-order chi connectivity index (χ0) is 20.7. The van der Waals surface area contributed by atoms with E-state index in [2.05, 4.69) is 32.4 Å². The molecule has 1 atom stereocenters. The van der Waals surface area contributed by atoms with Gasteiger partial charge in [0.1, 0.15) is 0 Å². The molecule has 2 amide bonds. The van der Waals surface area contributed by atoms with Crippen molar-refractivity contribution in [3.63, 3.8) is 0 Å². The van der Waals surface area contributed by atoms with E-state index in [0.29, 0.717) is 17.8 Å². The predicted molar refractivity (Wildman–Crippen MR) is 116 cm³/mol. The maximum atomic E-state index is 12.3. The second-order valence-corrected chi connectivity index (χ2v) is 9.14. The Morgan fingerprint density at radius 3 is 2.45 bits per heavy atom. The van der Waals surface area contributed by atoms with Crippen LogP contribution in [0.15, 0.2) is 54.6 Å². The molecular weight excluding hydrogens is 388 g/mol. The second-order valence-electron chi connectivity index (χ2n) is 7.30. The van der Waals surface area contributed by atoms with Crippen molar-refractivity contribution in [2.45, 2.75) is 32.4 Å². The number of rotatable bonds is 8. The van der Waals surface area contributed by atoms with Crippen molar-refractivity contribution < 1.29 is 13.2 Å². The van der Waals surface area contributed by atoms with Crippen LogP contribution in [0, 0.1) is 0 Å². The Hall–Kier alpha value is -2.58. The van der Waals surface area contributed by atoms with Crippen molar-refractivity contribution in [1.82, 2.24) is 10.2 Å². The number of benzene rings is 2. The van der Waals surface area contributed by atoms with Gasteiger partial charge in [-0.15, -0.1) is 0 Å². The summed E-state index contributed by atoms with van der Waals surface area (Å²) in [7, 11) is -3.32. The van der Waals surface area contributed by atoms with Gasteiger partial charge in [-0.25, -0.2) is 13.2 Å².